The molecule has 0 aliphatic carbocycles. The monoisotopic (exact) mass is 469 g/mol. The maximum Gasteiger partial charge on any atom is 0.256 e. The summed E-state index contributed by atoms with van der Waals surface area (Å²) in [6.07, 6.45) is 4.00. The molecule has 0 fully saturated rings. The molecular formula is C22H20BrN3O2S. The summed E-state index contributed by atoms with van der Waals surface area (Å²) < 4.78 is 8.47. The zero-order chi connectivity index (χ0) is 20.2. The summed E-state index contributed by atoms with van der Waals surface area (Å²) in [5.41, 5.74) is 2.09. The van der Waals surface area contributed by atoms with Crippen LogP contribution >= 0.6 is 27.3 Å². The maximum absolute atomic E-state index is 12.9. The van der Waals surface area contributed by atoms with Crippen LogP contribution in [0.2, 0.25) is 0 Å². The number of pyridine rings is 1. The Morgan fingerprint density at radius 2 is 2.03 bits per heavy atom. The predicted octanol–water partition coefficient (Wildman–Crippen LogP) is 6.26. The van der Waals surface area contributed by atoms with E-state index in [4.69, 9.17) is 9.72 Å². The summed E-state index contributed by atoms with van der Waals surface area (Å²) in [7, 11) is 0. The Morgan fingerprint density at radius 3 is 2.76 bits per heavy atom. The third kappa shape index (κ3) is 4.36. The van der Waals surface area contributed by atoms with Crippen LogP contribution in [-0.4, -0.2) is 21.9 Å². The van der Waals surface area contributed by atoms with E-state index in [1.165, 1.54) is 0 Å². The van der Waals surface area contributed by atoms with Crippen molar-refractivity contribution in [1.82, 2.24) is 9.38 Å². The summed E-state index contributed by atoms with van der Waals surface area (Å²) >= 11 is 5.09. The SMILES string of the molecule is CCCCOc1ccc(C(=O)Nc2c(-c3cccs3)nc3ccc(Br)cn23)cc1. The molecule has 1 amide bonds. The Labute approximate surface area is 181 Å². The molecule has 0 unspecified atom stereocenters. The van der Waals surface area contributed by atoms with Gasteiger partial charge in [-0.3, -0.25) is 9.20 Å². The number of unbranched alkanes of at least 4 members (excludes halogenated alkanes) is 1. The number of rotatable bonds is 7. The smallest absolute Gasteiger partial charge is 0.256 e. The van der Waals surface area contributed by atoms with E-state index in [9.17, 15) is 4.79 Å². The summed E-state index contributed by atoms with van der Waals surface area (Å²) in [6, 6.07) is 15.0. The summed E-state index contributed by atoms with van der Waals surface area (Å²) in [6.45, 7) is 2.81. The van der Waals surface area contributed by atoms with Crippen LogP contribution in [-0.2, 0) is 0 Å². The van der Waals surface area contributed by atoms with Gasteiger partial charge in [0.2, 0.25) is 0 Å². The number of ether oxygens (including phenoxy) is 1. The molecule has 4 aromatic rings. The minimum Gasteiger partial charge on any atom is -0.494 e. The Balaban J connectivity index is 1.62. The van der Waals surface area contributed by atoms with Gasteiger partial charge in [-0.15, -0.1) is 11.3 Å². The van der Waals surface area contributed by atoms with Crippen LogP contribution in [0.15, 0.2) is 64.6 Å². The number of carbonyl (C=O) groups excluding carboxylic acids is 1. The van der Waals surface area contributed by atoms with Gasteiger partial charge in [0.15, 0.2) is 0 Å². The van der Waals surface area contributed by atoms with E-state index in [1.807, 2.05) is 52.4 Å². The van der Waals surface area contributed by atoms with Crippen molar-refractivity contribution in [2.75, 3.05) is 11.9 Å². The molecule has 3 aromatic heterocycles. The fourth-order valence-electron chi connectivity index (χ4n) is 2.94. The number of carbonyl (C=O) groups is 1. The lowest BCUT2D eigenvalue weighted by Gasteiger charge is -2.09. The second-order valence-electron chi connectivity index (χ2n) is 6.54. The van der Waals surface area contributed by atoms with Crippen LogP contribution < -0.4 is 10.1 Å². The van der Waals surface area contributed by atoms with Crippen molar-refractivity contribution in [3.63, 3.8) is 0 Å². The number of hydrogen-bond acceptors (Lipinski definition) is 4. The Bertz CT molecular complexity index is 1120. The first-order chi connectivity index (χ1) is 14.2. The number of imidazole rings is 1. The van der Waals surface area contributed by atoms with Gasteiger partial charge in [0.1, 0.15) is 22.9 Å². The average molecular weight is 470 g/mol. The molecule has 0 bridgehead atoms. The Kier molecular flexibility index (Phi) is 5.97. The van der Waals surface area contributed by atoms with Crippen LogP contribution in [0.4, 0.5) is 5.82 Å². The van der Waals surface area contributed by atoms with E-state index in [2.05, 4.69) is 28.2 Å². The minimum atomic E-state index is -0.190. The number of nitrogens with zero attached hydrogens (tertiary/aromatic N) is 2. The molecule has 29 heavy (non-hydrogen) atoms. The number of benzene rings is 1. The van der Waals surface area contributed by atoms with Gasteiger partial charge in [0.25, 0.3) is 5.91 Å². The van der Waals surface area contributed by atoms with Crippen LogP contribution in [0.5, 0.6) is 5.75 Å². The summed E-state index contributed by atoms with van der Waals surface area (Å²) in [5, 5.41) is 5.04. The molecule has 0 spiro atoms. The molecule has 3 heterocycles. The first-order valence-electron chi connectivity index (χ1n) is 9.41. The van der Waals surface area contributed by atoms with E-state index in [0.717, 1.165) is 39.3 Å². The lowest BCUT2D eigenvalue weighted by molar-refractivity contribution is 0.102. The predicted molar refractivity (Wildman–Crippen MR) is 121 cm³/mol. The molecular weight excluding hydrogens is 450 g/mol. The zero-order valence-corrected chi connectivity index (χ0v) is 18.3. The van der Waals surface area contributed by atoms with Crippen LogP contribution in [0.25, 0.3) is 16.2 Å². The van der Waals surface area contributed by atoms with E-state index in [-0.39, 0.29) is 5.91 Å². The lowest BCUT2D eigenvalue weighted by Crippen LogP contribution is -2.14. The van der Waals surface area contributed by atoms with Gasteiger partial charge in [0.05, 0.1) is 11.5 Å². The zero-order valence-electron chi connectivity index (χ0n) is 15.9. The lowest BCUT2D eigenvalue weighted by atomic mass is 10.2. The second-order valence-corrected chi connectivity index (χ2v) is 8.41. The Morgan fingerprint density at radius 1 is 1.21 bits per heavy atom. The van der Waals surface area contributed by atoms with Crippen molar-refractivity contribution in [3.05, 3.63) is 70.1 Å². The average Bonchev–Trinajstić information content (AvgIpc) is 3.37. The number of halogens is 1. The van der Waals surface area contributed by atoms with Crippen molar-refractivity contribution in [3.8, 4) is 16.3 Å². The van der Waals surface area contributed by atoms with Gasteiger partial charge < -0.3 is 10.1 Å². The van der Waals surface area contributed by atoms with Crippen molar-refractivity contribution in [1.29, 1.82) is 0 Å². The van der Waals surface area contributed by atoms with Gasteiger partial charge in [-0.1, -0.05) is 19.4 Å². The van der Waals surface area contributed by atoms with Crippen molar-refractivity contribution in [2.45, 2.75) is 19.8 Å². The summed E-state index contributed by atoms with van der Waals surface area (Å²) in [4.78, 5) is 18.6. The molecule has 0 aliphatic heterocycles. The molecule has 0 atom stereocenters. The van der Waals surface area contributed by atoms with Gasteiger partial charge in [-0.05, 0) is 70.2 Å². The van der Waals surface area contributed by atoms with E-state index in [0.29, 0.717) is 18.0 Å². The first-order valence-corrected chi connectivity index (χ1v) is 11.1. The van der Waals surface area contributed by atoms with E-state index >= 15 is 0 Å². The first kappa shape index (κ1) is 19.7. The number of fused-ring (bicyclic) bond motifs is 1. The van der Waals surface area contributed by atoms with Crippen molar-refractivity contribution in [2.24, 2.45) is 0 Å². The van der Waals surface area contributed by atoms with E-state index in [1.54, 1.807) is 23.5 Å². The molecule has 1 N–H and O–H groups in total. The second kappa shape index (κ2) is 8.80. The fraction of sp³-hybridized carbons (Fsp3) is 0.182. The topological polar surface area (TPSA) is 55.6 Å². The van der Waals surface area contributed by atoms with Gasteiger partial charge in [-0.2, -0.15) is 0 Å². The van der Waals surface area contributed by atoms with Gasteiger partial charge in [0, 0.05) is 16.2 Å². The quantitative estimate of drug-likeness (QED) is 0.325. The van der Waals surface area contributed by atoms with Crippen LogP contribution in [0, 0.1) is 0 Å². The van der Waals surface area contributed by atoms with Crippen LogP contribution in [0.3, 0.4) is 0 Å². The molecule has 0 saturated heterocycles. The molecule has 148 valence electrons. The number of thiophene rings is 1. The molecule has 1 aromatic carbocycles. The number of hydrogen-bond donors (Lipinski definition) is 1. The van der Waals surface area contributed by atoms with Crippen molar-refractivity contribution >= 4 is 44.6 Å². The molecule has 0 radical (unpaired) electrons. The molecule has 0 saturated carbocycles. The highest BCUT2D eigenvalue weighted by Gasteiger charge is 2.18. The fourth-order valence-corrected chi connectivity index (χ4v) is 3.99. The van der Waals surface area contributed by atoms with Crippen molar-refractivity contribution < 1.29 is 9.53 Å². The largest absolute Gasteiger partial charge is 0.494 e. The molecule has 5 nitrogen and oxygen atoms in total. The minimum absolute atomic E-state index is 0.190. The normalized spacial score (nSPS) is 11.0. The highest BCUT2D eigenvalue weighted by atomic mass is 79.9. The molecule has 0 aliphatic rings. The number of anilines is 1. The van der Waals surface area contributed by atoms with Gasteiger partial charge in [-0.25, -0.2) is 4.98 Å². The molecule has 4 rings (SSSR count). The standard InChI is InChI=1S/C22H20BrN3O2S/c1-2-3-12-28-17-9-6-15(7-10-17)22(27)25-21-20(18-5-4-13-29-18)24-19-11-8-16(23)14-26(19)21/h4-11,13-14H,2-3,12H2,1H3,(H,25,27). The number of amides is 1. The highest BCUT2D eigenvalue weighted by Crippen LogP contribution is 2.33. The maximum atomic E-state index is 12.9. The third-order valence-corrected chi connectivity index (χ3v) is 5.80. The third-order valence-electron chi connectivity index (χ3n) is 4.45. The number of nitrogens with one attached hydrogen (secondary N) is 1. The van der Waals surface area contributed by atoms with E-state index < -0.39 is 0 Å². The number of aromatic nitrogens is 2. The van der Waals surface area contributed by atoms with Crippen LogP contribution in [0.1, 0.15) is 30.1 Å². The van der Waals surface area contributed by atoms with Gasteiger partial charge >= 0.3 is 0 Å². The molecule has 7 heteroatoms. The highest BCUT2D eigenvalue weighted by molar-refractivity contribution is 9.10. The summed E-state index contributed by atoms with van der Waals surface area (Å²) in [5.74, 6) is 1.23. The Hall–Kier alpha value is -2.64.